The molecule has 0 radical (unpaired) electrons. The Morgan fingerprint density at radius 1 is 0.769 bits per heavy atom. The van der Waals surface area contributed by atoms with Gasteiger partial charge in [-0.25, -0.2) is 4.79 Å². The molecule has 1 atom stereocenters. The molecule has 19 heteroatoms. The molecule has 0 aromatic rings. The third-order valence-electron chi connectivity index (χ3n) is 2.36. The summed E-state index contributed by atoms with van der Waals surface area (Å²) >= 11 is 0. The summed E-state index contributed by atoms with van der Waals surface area (Å²) in [5.74, 6) is -26.8. The van der Waals surface area contributed by atoms with Crippen molar-refractivity contribution in [3.8, 4) is 0 Å². The van der Waals surface area contributed by atoms with Gasteiger partial charge in [0.1, 0.15) is 0 Å². The number of carboxylic acids is 1. The molecule has 0 saturated heterocycles. The minimum Gasteiger partial charge on any atom is -0.477 e. The maximum absolute atomic E-state index is 13.0. The van der Waals surface area contributed by atoms with Crippen molar-refractivity contribution in [1.29, 1.82) is 0 Å². The van der Waals surface area contributed by atoms with E-state index in [2.05, 4.69) is 0 Å². The molecule has 6 nitrogen and oxygen atoms in total. The van der Waals surface area contributed by atoms with Gasteiger partial charge in [0, 0.05) is 0 Å². The first-order valence-corrected chi connectivity index (χ1v) is 6.51. The molecule has 0 aliphatic heterocycles. The summed E-state index contributed by atoms with van der Waals surface area (Å²) in [5.41, 5.74) is 0. The monoisotopic (exact) mass is 442 g/mol. The molecule has 26 heavy (non-hydrogen) atoms. The van der Waals surface area contributed by atoms with Crippen LogP contribution in [0.3, 0.4) is 0 Å². The fourth-order valence-electron chi connectivity index (χ4n) is 0.991. The Morgan fingerprint density at radius 2 is 1.12 bits per heavy atom. The summed E-state index contributed by atoms with van der Waals surface area (Å²) in [4.78, 5) is 10.0. The van der Waals surface area contributed by atoms with E-state index in [4.69, 9.17) is 9.66 Å². The molecule has 0 amide bonds. The molecule has 0 aromatic heterocycles. The predicted octanol–water partition coefficient (Wildman–Crippen LogP) is 2.66. The van der Waals surface area contributed by atoms with Gasteiger partial charge in [-0.1, -0.05) is 0 Å². The SMILES string of the molecule is O=C(O)C(F)(OC(F)(F)C(F)(F)C(F)(F)C(F)(F)S(=O)(=O)O)C(F)(F)F. The van der Waals surface area contributed by atoms with Crippen LogP contribution in [0.2, 0.25) is 0 Å². The van der Waals surface area contributed by atoms with E-state index in [1.165, 1.54) is 0 Å². The zero-order valence-electron chi connectivity index (χ0n) is 11.0. The molecule has 0 fully saturated rings. The Balaban J connectivity index is 6.40. The molecule has 0 heterocycles. The van der Waals surface area contributed by atoms with Crippen molar-refractivity contribution in [2.45, 2.75) is 35.2 Å². The topological polar surface area (TPSA) is 101 Å². The molecule has 0 bridgehead atoms. The molecule has 0 aliphatic rings. The molecule has 0 aliphatic carbocycles. The second-order valence-electron chi connectivity index (χ2n) is 4.16. The van der Waals surface area contributed by atoms with Crippen molar-refractivity contribution in [3.05, 3.63) is 0 Å². The maximum atomic E-state index is 13.0. The van der Waals surface area contributed by atoms with Crippen molar-refractivity contribution in [3.63, 3.8) is 0 Å². The highest BCUT2D eigenvalue weighted by Crippen LogP contribution is 2.56. The number of hydrogen-bond donors (Lipinski definition) is 2. The van der Waals surface area contributed by atoms with Crippen LogP contribution in [0.1, 0.15) is 0 Å². The minimum atomic E-state index is -7.99. The lowest BCUT2D eigenvalue weighted by atomic mass is 10.1. The number of hydrogen-bond acceptors (Lipinski definition) is 4. The van der Waals surface area contributed by atoms with Gasteiger partial charge in [0.2, 0.25) is 0 Å². The minimum absolute atomic E-state index is 1.55. The van der Waals surface area contributed by atoms with Crippen LogP contribution in [0.15, 0.2) is 0 Å². The van der Waals surface area contributed by atoms with Gasteiger partial charge in [-0.2, -0.15) is 61.1 Å². The molecule has 0 rings (SSSR count). The summed E-state index contributed by atoms with van der Waals surface area (Å²) in [6.07, 6.45) is -14.8. The summed E-state index contributed by atoms with van der Waals surface area (Å²) in [5, 5.41) is 0.372. The summed E-state index contributed by atoms with van der Waals surface area (Å²) < 4.78 is 181. The third-order valence-corrected chi connectivity index (χ3v) is 3.26. The number of aliphatic carboxylic acids is 1. The van der Waals surface area contributed by atoms with E-state index in [9.17, 15) is 65.9 Å². The van der Waals surface area contributed by atoms with Crippen molar-refractivity contribution in [1.82, 2.24) is 0 Å². The maximum Gasteiger partial charge on any atom is 0.460 e. The van der Waals surface area contributed by atoms with E-state index in [1.807, 2.05) is 0 Å². The lowest BCUT2D eigenvalue weighted by Gasteiger charge is -2.37. The predicted molar refractivity (Wildman–Crippen MR) is 50.0 cm³/mol. The summed E-state index contributed by atoms with van der Waals surface area (Å²) in [6.45, 7) is 0. The molecular weight excluding hydrogens is 440 g/mol. The van der Waals surface area contributed by atoms with E-state index in [1.54, 1.807) is 4.74 Å². The smallest absolute Gasteiger partial charge is 0.460 e. The molecule has 2 N–H and O–H groups in total. The van der Waals surface area contributed by atoms with Gasteiger partial charge in [-0.15, -0.1) is 0 Å². The molecule has 0 saturated carbocycles. The quantitative estimate of drug-likeness (QED) is 0.465. The van der Waals surface area contributed by atoms with Crippen molar-refractivity contribution in [2.24, 2.45) is 0 Å². The number of carbonyl (C=O) groups is 1. The lowest BCUT2D eigenvalue weighted by Crippen LogP contribution is -2.67. The summed E-state index contributed by atoms with van der Waals surface area (Å²) in [7, 11) is -7.58. The summed E-state index contributed by atoms with van der Waals surface area (Å²) in [6, 6.07) is 0. The van der Waals surface area contributed by atoms with Crippen LogP contribution in [-0.4, -0.2) is 59.3 Å². The van der Waals surface area contributed by atoms with Crippen LogP contribution in [0.25, 0.3) is 0 Å². The number of alkyl halides is 12. The fraction of sp³-hybridized carbons (Fsp3) is 0.857. The first kappa shape index (κ1) is 24.5. The normalized spacial score (nSPS) is 17.7. The van der Waals surface area contributed by atoms with E-state index in [-0.39, 0.29) is 0 Å². The zero-order chi connectivity index (χ0) is 21.8. The third kappa shape index (κ3) is 3.38. The van der Waals surface area contributed by atoms with Crippen LogP contribution in [0, 0.1) is 0 Å². The largest absolute Gasteiger partial charge is 0.477 e. The molecule has 156 valence electrons. The van der Waals surface area contributed by atoms with Crippen LogP contribution < -0.4 is 0 Å². The van der Waals surface area contributed by atoms with Gasteiger partial charge in [0.05, 0.1) is 0 Å². The standard InChI is InChI=1S/C7H2F12O6S/c8-2(1(20)21,5(13,14)15)25-6(16,17)3(9,10)4(11,12)7(18,19)26(22,23)24/h(H,20,21)(H,22,23,24). The van der Waals surface area contributed by atoms with Crippen molar-refractivity contribution in [2.75, 3.05) is 0 Å². The van der Waals surface area contributed by atoms with Gasteiger partial charge in [-0.3, -0.25) is 9.29 Å². The van der Waals surface area contributed by atoms with E-state index in [0.29, 0.717) is 0 Å². The zero-order valence-corrected chi connectivity index (χ0v) is 11.8. The van der Waals surface area contributed by atoms with Gasteiger partial charge in [0.15, 0.2) is 0 Å². The number of rotatable bonds is 7. The second kappa shape index (κ2) is 6.01. The average molecular weight is 442 g/mol. The highest BCUT2D eigenvalue weighted by Gasteiger charge is 2.87. The Kier molecular flexibility index (Phi) is 5.66. The number of ether oxygens (including phenoxy) is 1. The molecule has 1 unspecified atom stereocenters. The fourth-order valence-corrected chi connectivity index (χ4v) is 1.44. The van der Waals surface area contributed by atoms with E-state index in [0.717, 1.165) is 0 Å². The molecule has 0 spiro atoms. The second-order valence-corrected chi connectivity index (χ2v) is 5.62. The van der Waals surface area contributed by atoms with Gasteiger partial charge in [-0.05, 0) is 0 Å². The Bertz CT molecular complexity index is 668. The Morgan fingerprint density at radius 3 is 1.35 bits per heavy atom. The van der Waals surface area contributed by atoms with Crippen molar-refractivity contribution < 1.29 is 80.3 Å². The van der Waals surface area contributed by atoms with E-state index < -0.39 is 51.3 Å². The lowest BCUT2D eigenvalue weighted by molar-refractivity contribution is -0.470. The first-order valence-electron chi connectivity index (χ1n) is 5.07. The molecular formula is C7H2F12O6S. The van der Waals surface area contributed by atoms with Gasteiger partial charge in [0.25, 0.3) is 0 Å². The number of halogens is 12. The van der Waals surface area contributed by atoms with Crippen molar-refractivity contribution >= 4 is 16.1 Å². The highest BCUT2D eigenvalue weighted by molar-refractivity contribution is 7.87. The van der Waals surface area contributed by atoms with Crippen LogP contribution in [0.4, 0.5) is 52.7 Å². The van der Waals surface area contributed by atoms with Crippen LogP contribution >= 0.6 is 0 Å². The van der Waals surface area contributed by atoms with E-state index >= 15 is 0 Å². The number of carboxylic acid groups (broad SMARTS) is 1. The van der Waals surface area contributed by atoms with Crippen LogP contribution in [-0.2, 0) is 19.6 Å². The first-order chi connectivity index (χ1) is 10.9. The van der Waals surface area contributed by atoms with Crippen LogP contribution in [0.5, 0.6) is 0 Å². The van der Waals surface area contributed by atoms with Gasteiger partial charge >= 0.3 is 51.3 Å². The average Bonchev–Trinajstić information content (AvgIpc) is 2.34. The molecule has 0 aromatic carbocycles. The van der Waals surface area contributed by atoms with Gasteiger partial charge < -0.3 is 5.11 Å². The Hall–Kier alpha value is -1.50. The highest BCUT2D eigenvalue weighted by atomic mass is 32.2. The Labute approximate surface area is 133 Å².